The van der Waals surface area contributed by atoms with Gasteiger partial charge in [-0.05, 0) is 29.2 Å². The largest absolute Gasteiger partial charge is 0.292 e. The zero-order chi connectivity index (χ0) is 12.9. The molecule has 0 radical (unpaired) electrons. The van der Waals surface area contributed by atoms with Crippen molar-refractivity contribution in [1.29, 1.82) is 0 Å². The van der Waals surface area contributed by atoms with Crippen molar-refractivity contribution in [1.82, 2.24) is 5.01 Å². The first kappa shape index (κ1) is 12.2. The van der Waals surface area contributed by atoms with Gasteiger partial charge in [0.05, 0.1) is 12.3 Å². The molecule has 2 heterocycles. The Kier molecular flexibility index (Phi) is 3.75. The van der Waals surface area contributed by atoms with Gasteiger partial charge in [-0.15, -0.1) is 11.3 Å². The van der Waals surface area contributed by atoms with E-state index in [4.69, 9.17) is 0 Å². The van der Waals surface area contributed by atoms with Gasteiger partial charge in [0.15, 0.2) is 0 Å². The SMILES string of the molecule is C(=Cc1cccs1)C1=NN(Cc2ccccc2)CC1. The lowest BCUT2D eigenvalue weighted by Gasteiger charge is -2.12. The van der Waals surface area contributed by atoms with E-state index < -0.39 is 0 Å². The van der Waals surface area contributed by atoms with Crippen LogP contribution in [-0.2, 0) is 6.54 Å². The van der Waals surface area contributed by atoms with Crippen LogP contribution in [0.25, 0.3) is 6.08 Å². The molecule has 0 aliphatic carbocycles. The molecule has 0 fully saturated rings. The van der Waals surface area contributed by atoms with Crippen molar-refractivity contribution < 1.29 is 0 Å². The van der Waals surface area contributed by atoms with Crippen LogP contribution in [0.5, 0.6) is 0 Å². The Balaban J connectivity index is 1.62. The normalized spacial score (nSPS) is 15.2. The summed E-state index contributed by atoms with van der Waals surface area (Å²) >= 11 is 1.75. The van der Waals surface area contributed by atoms with E-state index in [1.807, 2.05) is 6.07 Å². The quantitative estimate of drug-likeness (QED) is 0.817. The average Bonchev–Trinajstić information content (AvgIpc) is 3.09. The Bertz CT molecular complexity index is 570. The van der Waals surface area contributed by atoms with Crippen molar-refractivity contribution in [2.24, 2.45) is 5.10 Å². The Hall–Kier alpha value is -1.87. The third-order valence-electron chi connectivity index (χ3n) is 3.09. The second-order valence-corrected chi connectivity index (χ2v) is 5.54. The lowest BCUT2D eigenvalue weighted by molar-refractivity contribution is 0.310. The molecule has 3 rings (SSSR count). The number of hydrogen-bond donors (Lipinski definition) is 0. The molecule has 1 aliphatic rings. The van der Waals surface area contributed by atoms with E-state index >= 15 is 0 Å². The average molecular weight is 268 g/mol. The molecule has 1 aliphatic heterocycles. The number of benzene rings is 1. The van der Waals surface area contributed by atoms with Gasteiger partial charge in [0.25, 0.3) is 0 Å². The van der Waals surface area contributed by atoms with Gasteiger partial charge < -0.3 is 0 Å². The molecular formula is C16H16N2S. The maximum atomic E-state index is 4.65. The molecule has 0 bridgehead atoms. The van der Waals surface area contributed by atoms with E-state index in [2.05, 4.69) is 64.0 Å². The van der Waals surface area contributed by atoms with E-state index in [1.54, 1.807) is 11.3 Å². The zero-order valence-electron chi connectivity index (χ0n) is 10.7. The summed E-state index contributed by atoms with van der Waals surface area (Å²) in [6.07, 6.45) is 5.32. The van der Waals surface area contributed by atoms with Crippen LogP contribution in [-0.4, -0.2) is 17.3 Å². The van der Waals surface area contributed by atoms with E-state index in [-0.39, 0.29) is 0 Å². The van der Waals surface area contributed by atoms with Crippen molar-refractivity contribution in [3.8, 4) is 0 Å². The summed E-state index contributed by atoms with van der Waals surface area (Å²) in [5, 5.41) is 8.89. The molecule has 3 heteroatoms. The summed E-state index contributed by atoms with van der Waals surface area (Å²) in [5.41, 5.74) is 2.49. The summed E-state index contributed by atoms with van der Waals surface area (Å²) < 4.78 is 0. The van der Waals surface area contributed by atoms with Crippen molar-refractivity contribution in [2.75, 3.05) is 6.54 Å². The molecule has 0 unspecified atom stereocenters. The number of nitrogens with zero attached hydrogens (tertiary/aromatic N) is 2. The number of rotatable bonds is 4. The van der Waals surface area contributed by atoms with Crippen LogP contribution in [0, 0.1) is 0 Å². The fourth-order valence-corrected chi connectivity index (χ4v) is 2.73. The first-order valence-corrected chi connectivity index (χ1v) is 7.36. The zero-order valence-corrected chi connectivity index (χ0v) is 11.5. The highest BCUT2D eigenvalue weighted by atomic mass is 32.1. The van der Waals surface area contributed by atoms with Gasteiger partial charge in [0, 0.05) is 17.8 Å². The van der Waals surface area contributed by atoms with Gasteiger partial charge in [0.1, 0.15) is 0 Å². The van der Waals surface area contributed by atoms with Gasteiger partial charge in [-0.1, -0.05) is 36.4 Å². The van der Waals surface area contributed by atoms with E-state index in [0.717, 1.165) is 19.5 Å². The Morgan fingerprint density at radius 2 is 2.00 bits per heavy atom. The fraction of sp³-hybridized carbons (Fsp3) is 0.188. The summed E-state index contributed by atoms with van der Waals surface area (Å²) in [6.45, 7) is 1.91. The molecule has 96 valence electrons. The monoisotopic (exact) mass is 268 g/mol. The topological polar surface area (TPSA) is 15.6 Å². The highest BCUT2D eigenvalue weighted by Gasteiger charge is 2.12. The Morgan fingerprint density at radius 3 is 2.79 bits per heavy atom. The lowest BCUT2D eigenvalue weighted by atomic mass is 10.2. The van der Waals surface area contributed by atoms with Gasteiger partial charge in [0.2, 0.25) is 0 Å². The fourth-order valence-electron chi connectivity index (χ4n) is 2.11. The standard InChI is InChI=1S/C16H16N2S/c1-2-5-14(6-3-1)13-18-11-10-15(17-18)8-9-16-7-4-12-19-16/h1-9,12H,10-11,13H2. The lowest BCUT2D eigenvalue weighted by Crippen LogP contribution is -2.12. The van der Waals surface area contributed by atoms with E-state index in [9.17, 15) is 0 Å². The summed E-state index contributed by atoms with van der Waals surface area (Å²) in [7, 11) is 0. The van der Waals surface area contributed by atoms with Crippen molar-refractivity contribution in [3.63, 3.8) is 0 Å². The maximum Gasteiger partial charge on any atom is 0.0624 e. The van der Waals surface area contributed by atoms with Gasteiger partial charge >= 0.3 is 0 Å². The number of allylic oxidation sites excluding steroid dienone is 1. The third kappa shape index (κ3) is 3.32. The molecule has 0 atom stereocenters. The summed E-state index contributed by atoms with van der Waals surface area (Å²) in [4.78, 5) is 1.28. The van der Waals surface area contributed by atoms with Crippen molar-refractivity contribution in [2.45, 2.75) is 13.0 Å². The van der Waals surface area contributed by atoms with Gasteiger partial charge in [-0.25, -0.2) is 0 Å². The smallest absolute Gasteiger partial charge is 0.0624 e. The highest BCUT2D eigenvalue weighted by molar-refractivity contribution is 7.10. The molecule has 19 heavy (non-hydrogen) atoms. The van der Waals surface area contributed by atoms with E-state index in [1.165, 1.54) is 16.2 Å². The molecule has 0 saturated heterocycles. The Labute approximate surface area is 117 Å². The van der Waals surface area contributed by atoms with Crippen LogP contribution in [0.1, 0.15) is 16.9 Å². The van der Waals surface area contributed by atoms with Crippen LogP contribution < -0.4 is 0 Å². The first-order valence-electron chi connectivity index (χ1n) is 6.48. The third-order valence-corrected chi connectivity index (χ3v) is 3.92. The van der Waals surface area contributed by atoms with Crippen LogP contribution in [0.2, 0.25) is 0 Å². The van der Waals surface area contributed by atoms with Gasteiger partial charge in [-0.3, -0.25) is 5.01 Å². The van der Waals surface area contributed by atoms with Crippen LogP contribution in [0.4, 0.5) is 0 Å². The molecule has 0 N–H and O–H groups in total. The highest BCUT2D eigenvalue weighted by Crippen LogP contribution is 2.15. The molecule has 2 aromatic rings. The maximum absolute atomic E-state index is 4.65. The van der Waals surface area contributed by atoms with Crippen molar-refractivity contribution in [3.05, 3.63) is 64.4 Å². The molecule has 0 spiro atoms. The van der Waals surface area contributed by atoms with Crippen LogP contribution >= 0.6 is 11.3 Å². The summed E-state index contributed by atoms with van der Waals surface area (Å²) in [6, 6.07) is 14.7. The minimum Gasteiger partial charge on any atom is -0.292 e. The van der Waals surface area contributed by atoms with Crippen LogP contribution in [0.15, 0.2) is 59.0 Å². The van der Waals surface area contributed by atoms with E-state index in [0.29, 0.717) is 0 Å². The molecule has 1 aromatic heterocycles. The number of hydrazone groups is 1. The second-order valence-electron chi connectivity index (χ2n) is 4.56. The molecule has 1 aromatic carbocycles. The first-order chi connectivity index (χ1) is 9.40. The molecule has 0 amide bonds. The minimum absolute atomic E-state index is 0.900. The number of hydrogen-bond acceptors (Lipinski definition) is 3. The van der Waals surface area contributed by atoms with Crippen LogP contribution in [0.3, 0.4) is 0 Å². The molecule has 0 saturated carbocycles. The van der Waals surface area contributed by atoms with Crippen molar-refractivity contribution >= 4 is 23.1 Å². The predicted octanol–water partition coefficient (Wildman–Crippen LogP) is 4.02. The minimum atomic E-state index is 0.900. The number of thiophene rings is 1. The second kappa shape index (κ2) is 5.85. The Morgan fingerprint density at radius 1 is 1.11 bits per heavy atom. The molecular weight excluding hydrogens is 252 g/mol. The van der Waals surface area contributed by atoms with Gasteiger partial charge in [-0.2, -0.15) is 5.10 Å². The predicted molar refractivity (Wildman–Crippen MR) is 82.3 cm³/mol. The summed E-state index contributed by atoms with van der Waals surface area (Å²) in [5.74, 6) is 0. The molecule has 2 nitrogen and oxygen atoms in total.